The molecule has 20 heavy (non-hydrogen) atoms. The summed E-state index contributed by atoms with van der Waals surface area (Å²) < 4.78 is 0. The van der Waals surface area contributed by atoms with Gasteiger partial charge in [-0.05, 0) is 18.1 Å². The maximum absolute atomic E-state index is 10.9. The van der Waals surface area contributed by atoms with Gasteiger partial charge in [0.1, 0.15) is 0 Å². The minimum atomic E-state index is -0.494. The van der Waals surface area contributed by atoms with E-state index in [9.17, 15) is 15.2 Å². The summed E-state index contributed by atoms with van der Waals surface area (Å²) in [7, 11) is 0. The van der Waals surface area contributed by atoms with Crippen LogP contribution in [0.2, 0.25) is 0 Å². The zero-order valence-electron chi connectivity index (χ0n) is 10.8. The predicted octanol–water partition coefficient (Wildman–Crippen LogP) is 2.01. The highest BCUT2D eigenvalue weighted by Gasteiger charge is 2.17. The first-order valence-corrected chi connectivity index (χ1v) is 6.21. The molecular weight excluding hydrogens is 258 g/mol. The molecule has 0 radical (unpaired) electrons. The van der Waals surface area contributed by atoms with Gasteiger partial charge in [0.05, 0.1) is 17.6 Å². The fraction of sp³-hybridized carbons (Fsp3) is 0.214. The van der Waals surface area contributed by atoms with Gasteiger partial charge in [-0.15, -0.1) is 0 Å². The van der Waals surface area contributed by atoms with Crippen LogP contribution in [-0.2, 0) is 6.42 Å². The van der Waals surface area contributed by atoms with E-state index in [-0.39, 0.29) is 24.2 Å². The summed E-state index contributed by atoms with van der Waals surface area (Å²) in [5.74, 6) is 0.174. The third-order valence-electron chi connectivity index (χ3n) is 2.87. The average molecular weight is 273 g/mol. The number of nitro groups is 1. The highest BCUT2D eigenvalue weighted by molar-refractivity contribution is 5.55. The van der Waals surface area contributed by atoms with E-state index in [0.717, 1.165) is 5.56 Å². The van der Waals surface area contributed by atoms with Gasteiger partial charge in [0.25, 0.3) is 0 Å². The monoisotopic (exact) mass is 273 g/mol. The number of nitrogens with zero attached hydrogens (tertiary/aromatic N) is 2. The van der Waals surface area contributed by atoms with Crippen LogP contribution in [0.3, 0.4) is 0 Å². The van der Waals surface area contributed by atoms with Crippen molar-refractivity contribution in [3.8, 4) is 0 Å². The molecule has 0 fully saturated rings. The fourth-order valence-electron chi connectivity index (χ4n) is 1.91. The molecule has 1 heterocycles. The van der Waals surface area contributed by atoms with Crippen molar-refractivity contribution in [2.45, 2.75) is 12.5 Å². The first-order valence-electron chi connectivity index (χ1n) is 6.21. The first kappa shape index (κ1) is 14.0. The molecule has 1 atom stereocenters. The van der Waals surface area contributed by atoms with Crippen LogP contribution in [-0.4, -0.2) is 27.7 Å². The standard InChI is InChI=1S/C14H15N3O3/c18-10-12(9-11-5-2-1-3-6-11)16-14-13(17(19)20)7-4-8-15-14/h1-8,12,18H,9-10H2,(H,15,16). The third kappa shape index (κ3) is 3.52. The quantitative estimate of drug-likeness (QED) is 0.621. The second-order valence-electron chi connectivity index (χ2n) is 4.34. The van der Waals surface area contributed by atoms with Crippen molar-refractivity contribution in [2.75, 3.05) is 11.9 Å². The SMILES string of the molecule is O=[N+]([O-])c1cccnc1NC(CO)Cc1ccccc1. The van der Waals surface area contributed by atoms with Gasteiger partial charge in [-0.3, -0.25) is 10.1 Å². The van der Waals surface area contributed by atoms with Gasteiger partial charge in [-0.2, -0.15) is 0 Å². The van der Waals surface area contributed by atoms with E-state index < -0.39 is 4.92 Å². The summed E-state index contributed by atoms with van der Waals surface area (Å²) in [6, 6.07) is 12.2. The molecular formula is C14H15N3O3. The summed E-state index contributed by atoms with van der Waals surface area (Å²) in [5, 5.41) is 23.3. The van der Waals surface area contributed by atoms with E-state index in [2.05, 4.69) is 10.3 Å². The van der Waals surface area contributed by atoms with E-state index in [1.807, 2.05) is 30.3 Å². The number of anilines is 1. The summed E-state index contributed by atoms with van der Waals surface area (Å²) in [6.45, 7) is -0.136. The number of nitrogens with one attached hydrogen (secondary N) is 1. The lowest BCUT2D eigenvalue weighted by molar-refractivity contribution is -0.384. The molecule has 0 amide bonds. The number of benzene rings is 1. The van der Waals surface area contributed by atoms with Crippen LogP contribution in [0.15, 0.2) is 48.7 Å². The average Bonchev–Trinajstić information content (AvgIpc) is 2.48. The van der Waals surface area contributed by atoms with E-state index in [1.165, 1.54) is 18.3 Å². The fourth-order valence-corrected chi connectivity index (χ4v) is 1.91. The highest BCUT2D eigenvalue weighted by Crippen LogP contribution is 2.21. The number of pyridine rings is 1. The van der Waals surface area contributed by atoms with Crippen molar-refractivity contribution in [1.82, 2.24) is 4.98 Å². The molecule has 1 unspecified atom stereocenters. The number of aromatic nitrogens is 1. The van der Waals surface area contributed by atoms with Crippen LogP contribution in [0, 0.1) is 10.1 Å². The van der Waals surface area contributed by atoms with Crippen molar-refractivity contribution in [1.29, 1.82) is 0 Å². The number of aliphatic hydroxyl groups is 1. The number of hydrogen-bond donors (Lipinski definition) is 2. The first-order chi connectivity index (χ1) is 9.70. The molecule has 0 saturated heterocycles. The van der Waals surface area contributed by atoms with Crippen molar-refractivity contribution in [3.05, 3.63) is 64.3 Å². The van der Waals surface area contributed by atoms with Crippen molar-refractivity contribution in [3.63, 3.8) is 0 Å². The smallest absolute Gasteiger partial charge is 0.311 e. The molecule has 0 bridgehead atoms. The lowest BCUT2D eigenvalue weighted by Gasteiger charge is -2.16. The van der Waals surface area contributed by atoms with E-state index in [1.54, 1.807) is 0 Å². The highest BCUT2D eigenvalue weighted by atomic mass is 16.6. The van der Waals surface area contributed by atoms with Crippen molar-refractivity contribution < 1.29 is 10.0 Å². The predicted molar refractivity (Wildman–Crippen MR) is 75.5 cm³/mol. The van der Waals surface area contributed by atoms with Crippen LogP contribution >= 0.6 is 0 Å². The second kappa shape index (κ2) is 6.63. The zero-order valence-corrected chi connectivity index (χ0v) is 10.8. The third-order valence-corrected chi connectivity index (χ3v) is 2.87. The molecule has 2 aromatic rings. The van der Waals surface area contributed by atoms with Crippen LogP contribution < -0.4 is 5.32 Å². The Bertz CT molecular complexity index is 575. The lowest BCUT2D eigenvalue weighted by Crippen LogP contribution is -2.27. The Hall–Kier alpha value is -2.47. The van der Waals surface area contributed by atoms with Crippen LogP contribution in [0.25, 0.3) is 0 Å². The molecule has 0 saturated carbocycles. The molecule has 0 aliphatic heterocycles. The Morgan fingerprint density at radius 3 is 2.65 bits per heavy atom. The maximum atomic E-state index is 10.9. The van der Waals surface area contributed by atoms with Crippen molar-refractivity contribution >= 4 is 11.5 Å². The zero-order chi connectivity index (χ0) is 14.4. The summed E-state index contributed by atoms with van der Waals surface area (Å²) in [4.78, 5) is 14.4. The largest absolute Gasteiger partial charge is 0.394 e. The second-order valence-corrected chi connectivity index (χ2v) is 4.34. The Morgan fingerprint density at radius 1 is 1.25 bits per heavy atom. The minimum absolute atomic E-state index is 0.0981. The normalized spacial score (nSPS) is 11.8. The van der Waals surface area contributed by atoms with Crippen LogP contribution in [0.5, 0.6) is 0 Å². The van der Waals surface area contributed by atoms with Crippen LogP contribution in [0.4, 0.5) is 11.5 Å². The molecule has 0 spiro atoms. The molecule has 2 N–H and O–H groups in total. The lowest BCUT2D eigenvalue weighted by atomic mass is 10.1. The Morgan fingerprint density at radius 2 is 2.00 bits per heavy atom. The van der Waals surface area contributed by atoms with E-state index >= 15 is 0 Å². The maximum Gasteiger partial charge on any atom is 0.311 e. The Labute approximate surface area is 116 Å². The van der Waals surface area contributed by atoms with Gasteiger partial charge >= 0.3 is 5.69 Å². The molecule has 6 heteroatoms. The molecule has 2 rings (SSSR count). The summed E-state index contributed by atoms with van der Waals surface area (Å²) >= 11 is 0. The Balaban J connectivity index is 2.13. The number of rotatable bonds is 6. The number of aliphatic hydroxyl groups excluding tert-OH is 1. The topological polar surface area (TPSA) is 88.3 Å². The molecule has 104 valence electrons. The molecule has 0 aliphatic rings. The molecule has 6 nitrogen and oxygen atoms in total. The van der Waals surface area contributed by atoms with Gasteiger partial charge in [0.2, 0.25) is 5.82 Å². The Kier molecular flexibility index (Phi) is 4.62. The van der Waals surface area contributed by atoms with Gasteiger partial charge in [0.15, 0.2) is 0 Å². The van der Waals surface area contributed by atoms with Gasteiger partial charge in [-0.1, -0.05) is 30.3 Å². The van der Waals surface area contributed by atoms with Gasteiger partial charge in [0, 0.05) is 12.3 Å². The molecule has 0 aliphatic carbocycles. The van der Waals surface area contributed by atoms with Gasteiger partial charge < -0.3 is 10.4 Å². The molecule has 1 aromatic carbocycles. The van der Waals surface area contributed by atoms with Crippen molar-refractivity contribution in [2.24, 2.45) is 0 Å². The summed E-state index contributed by atoms with van der Waals surface area (Å²) in [6.07, 6.45) is 2.04. The van der Waals surface area contributed by atoms with E-state index in [0.29, 0.717) is 6.42 Å². The minimum Gasteiger partial charge on any atom is -0.394 e. The van der Waals surface area contributed by atoms with E-state index in [4.69, 9.17) is 0 Å². The summed E-state index contributed by atoms with van der Waals surface area (Å²) in [5.41, 5.74) is 0.941. The molecule has 1 aromatic heterocycles. The van der Waals surface area contributed by atoms with Gasteiger partial charge in [-0.25, -0.2) is 4.98 Å². The number of hydrogen-bond acceptors (Lipinski definition) is 5. The van der Waals surface area contributed by atoms with Crippen LogP contribution in [0.1, 0.15) is 5.56 Å².